The fourth-order valence-corrected chi connectivity index (χ4v) is 3.64. The van der Waals surface area contributed by atoms with Crippen molar-refractivity contribution in [2.75, 3.05) is 18.0 Å². The van der Waals surface area contributed by atoms with Gasteiger partial charge in [0, 0.05) is 22.1 Å². The van der Waals surface area contributed by atoms with Gasteiger partial charge in [-0.2, -0.15) is 0 Å². The summed E-state index contributed by atoms with van der Waals surface area (Å²) in [4.78, 5) is 2.41. The van der Waals surface area contributed by atoms with Crippen molar-refractivity contribution in [2.24, 2.45) is 5.41 Å². The van der Waals surface area contributed by atoms with Gasteiger partial charge in [-0.05, 0) is 53.6 Å². The number of anilines is 1. The van der Waals surface area contributed by atoms with Crippen LogP contribution < -0.4 is 4.90 Å². The summed E-state index contributed by atoms with van der Waals surface area (Å²) >= 11 is 8.54. The minimum atomic E-state index is 0.673. The number of nitrogens with zero attached hydrogens (tertiary/aromatic N) is 1. The second-order valence-electron chi connectivity index (χ2n) is 4.81. The summed E-state index contributed by atoms with van der Waals surface area (Å²) in [5.41, 5.74) is 1.89. The van der Waals surface area contributed by atoms with Gasteiger partial charge >= 0.3 is 0 Å². The minimum Gasteiger partial charge on any atom is -0.369 e. The van der Waals surface area contributed by atoms with Gasteiger partial charge in [-0.3, -0.25) is 0 Å². The highest BCUT2D eigenvalue weighted by atomic mass is 127. The first-order valence-electron chi connectivity index (χ1n) is 5.39. The summed E-state index contributed by atoms with van der Waals surface area (Å²) in [5.74, 6) is 0. The number of hydrogen-bond acceptors (Lipinski definition) is 1. The van der Waals surface area contributed by atoms with Crippen LogP contribution in [0.25, 0.3) is 0 Å². The summed E-state index contributed by atoms with van der Waals surface area (Å²) < 4.78 is 1.21. The standard InChI is InChI=1S/C12H13ClIN/c13-10-6-9(14)2-3-11(10)15-7-12(8-15)4-1-5-12/h2-3,6H,1,4-5,7-8H2. The predicted molar refractivity (Wildman–Crippen MR) is 72.7 cm³/mol. The third kappa shape index (κ3) is 1.66. The monoisotopic (exact) mass is 333 g/mol. The molecule has 0 N–H and O–H groups in total. The summed E-state index contributed by atoms with van der Waals surface area (Å²) in [7, 11) is 0. The molecule has 1 saturated heterocycles. The molecule has 0 atom stereocenters. The summed E-state index contributed by atoms with van der Waals surface area (Å²) in [6.45, 7) is 2.43. The van der Waals surface area contributed by atoms with Crippen LogP contribution in [0.5, 0.6) is 0 Å². The fraction of sp³-hybridized carbons (Fsp3) is 0.500. The first kappa shape index (κ1) is 10.2. The molecule has 1 aromatic rings. The molecule has 1 heterocycles. The summed E-state index contributed by atoms with van der Waals surface area (Å²) in [6.07, 6.45) is 4.27. The van der Waals surface area contributed by atoms with Crippen molar-refractivity contribution >= 4 is 39.9 Å². The van der Waals surface area contributed by atoms with E-state index in [1.807, 2.05) is 6.07 Å². The van der Waals surface area contributed by atoms with Crippen LogP contribution in [0.2, 0.25) is 5.02 Å². The Kier molecular flexibility index (Phi) is 2.40. The van der Waals surface area contributed by atoms with Crippen molar-refractivity contribution in [1.82, 2.24) is 0 Å². The second kappa shape index (κ2) is 3.52. The van der Waals surface area contributed by atoms with Crippen molar-refractivity contribution in [3.63, 3.8) is 0 Å². The van der Waals surface area contributed by atoms with E-state index < -0.39 is 0 Å². The largest absolute Gasteiger partial charge is 0.369 e. The van der Waals surface area contributed by atoms with Gasteiger partial charge in [0.1, 0.15) is 0 Å². The molecular formula is C12H13ClIN. The lowest BCUT2D eigenvalue weighted by atomic mass is 9.63. The topological polar surface area (TPSA) is 3.24 Å². The Balaban J connectivity index is 1.77. The van der Waals surface area contributed by atoms with E-state index in [0.717, 1.165) is 5.02 Å². The zero-order valence-electron chi connectivity index (χ0n) is 8.47. The fourth-order valence-electron chi connectivity index (χ4n) is 2.66. The molecule has 80 valence electrons. The molecule has 0 unspecified atom stereocenters. The Bertz CT molecular complexity index is 393. The highest BCUT2D eigenvalue weighted by molar-refractivity contribution is 14.1. The number of hydrogen-bond donors (Lipinski definition) is 0. The molecule has 1 nitrogen and oxygen atoms in total. The highest BCUT2D eigenvalue weighted by Gasteiger charge is 2.47. The lowest BCUT2D eigenvalue weighted by Gasteiger charge is -2.57. The van der Waals surface area contributed by atoms with Gasteiger partial charge in [-0.1, -0.05) is 18.0 Å². The van der Waals surface area contributed by atoms with Crippen molar-refractivity contribution in [3.8, 4) is 0 Å². The molecule has 0 aromatic heterocycles. The van der Waals surface area contributed by atoms with E-state index in [9.17, 15) is 0 Å². The molecule has 1 aliphatic carbocycles. The van der Waals surface area contributed by atoms with Gasteiger partial charge in [-0.15, -0.1) is 0 Å². The lowest BCUT2D eigenvalue weighted by molar-refractivity contribution is 0.0904. The van der Waals surface area contributed by atoms with Crippen LogP contribution in [0, 0.1) is 8.99 Å². The van der Waals surface area contributed by atoms with Crippen LogP contribution in [-0.4, -0.2) is 13.1 Å². The molecular weight excluding hydrogens is 320 g/mol. The molecule has 1 saturated carbocycles. The maximum absolute atomic E-state index is 6.24. The highest BCUT2D eigenvalue weighted by Crippen LogP contribution is 2.50. The maximum atomic E-state index is 6.24. The van der Waals surface area contributed by atoms with Crippen molar-refractivity contribution < 1.29 is 0 Å². The molecule has 1 aromatic carbocycles. The molecule has 0 bridgehead atoms. The second-order valence-corrected chi connectivity index (χ2v) is 6.46. The zero-order valence-corrected chi connectivity index (χ0v) is 11.4. The summed E-state index contributed by atoms with van der Waals surface area (Å²) in [5, 5.41) is 0.899. The van der Waals surface area contributed by atoms with E-state index in [0.29, 0.717) is 5.41 Å². The molecule has 0 radical (unpaired) electrons. The van der Waals surface area contributed by atoms with Crippen molar-refractivity contribution in [2.45, 2.75) is 19.3 Å². The molecule has 3 rings (SSSR count). The molecule has 1 spiro atoms. The third-order valence-electron chi connectivity index (χ3n) is 3.72. The first-order chi connectivity index (χ1) is 7.19. The SMILES string of the molecule is Clc1cc(I)ccc1N1CC2(CCC2)C1. The van der Waals surface area contributed by atoms with Gasteiger partial charge in [0.05, 0.1) is 10.7 Å². The van der Waals surface area contributed by atoms with Crippen LogP contribution in [0.1, 0.15) is 19.3 Å². The normalized spacial score (nSPS) is 22.4. The van der Waals surface area contributed by atoms with E-state index in [1.165, 1.54) is 41.6 Å². The van der Waals surface area contributed by atoms with Crippen LogP contribution in [0.3, 0.4) is 0 Å². The van der Waals surface area contributed by atoms with Gasteiger partial charge in [0.2, 0.25) is 0 Å². The number of halogens is 2. The Morgan fingerprint density at radius 2 is 2.00 bits per heavy atom. The zero-order chi connectivity index (χ0) is 10.5. The third-order valence-corrected chi connectivity index (χ3v) is 4.69. The quantitative estimate of drug-likeness (QED) is 0.704. The Morgan fingerprint density at radius 3 is 2.53 bits per heavy atom. The van der Waals surface area contributed by atoms with Gasteiger partial charge in [0.25, 0.3) is 0 Å². The molecule has 2 fully saturated rings. The van der Waals surface area contributed by atoms with Gasteiger partial charge in [0.15, 0.2) is 0 Å². The minimum absolute atomic E-state index is 0.673. The average Bonchev–Trinajstić information content (AvgIpc) is 2.03. The number of rotatable bonds is 1. The van der Waals surface area contributed by atoms with Crippen LogP contribution >= 0.6 is 34.2 Å². The molecule has 0 amide bonds. The Labute approximate surface area is 109 Å². The predicted octanol–water partition coefficient (Wildman–Crippen LogP) is 3.93. The van der Waals surface area contributed by atoms with E-state index in [2.05, 4.69) is 39.6 Å². The molecule has 15 heavy (non-hydrogen) atoms. The smallest absolute Gasteiger partial charge is 0.0650 e. The Morgan fingerprint density at radius 1 is 1.27 bits per heavy atom. The van der Waals surface area contributed by atoms with Crippen LogP contribution in [-0.2, 0) is 0 Å². The van der Waals surface area contributed by atoms with E-state index in [-0.39, 0.29) is 0 Å². The van der Waals surface area contributed by atoms with Crippen molar-refractivity contribution in [3.05, 3.63) is 26.8 Å². The van der Waals surface area contributed by atoms with Crippen LogP contribution in [0.4, 0.5) is 5.69 Å². The van der Waals surface area contributed by atoms with E-state index in [4.69, 9.17) is 11.6 Å². The lowest BCUT2D eigenvalue weighted by Crippen LogP contribution is -2.59. The molecule has 3 heteroatoms. The molecule has 2 aliphatic rings. The van der Waals surface area contributed by atoms with Crippen molar-refractivity contribution in [1.29, 1.82) is 0 Å². The van der Waals surface area contributed by atoms with Crippen LogP contribution in [0.15, 0.2) is 18.2 Å². The Hall–Kier alpha value is 0.0400. The van der Waals surface area contributed by atoms with E-state index >= 15 is 0 Å². The first-order valence-corrected chi connectivity index (χ1v) is 6.84. The van der Waals surface area contributed by atoms with Gasteiger partial charge in [-0.25, -0.2) is 0 Å². The average molecular weight is 334 g/mol. The molecule has 1 aliphatic heterocycles. The van der Waals surface area contributed by atoms with Gasteiger partial charge < -0.3 is 4.90 Å². The maximum Gasteiger partial charge on any atom is 0.0650 e. The number of benzene rings is 1. The summed E-state index contributed by atoms with van der Waals surface area (Å²) in [6, 6.07) is 6.33. The van der Waals surface area contributed by atoms with E-state index in [1.54, 1.807) is 0 Å².